The Morgan fingerprint density at radius 3 is 2.50 bits per heavy atom. The molecule has 0 radical (unpaired) electrons. The maximum atomic E-state index is 13.2. The number of benzene rings is 1. The first-order chi connectivity index (χ1) is 7.29. The second kappa shape index (κ2) is 5.09. The number of nitrogens with one attached hydrogen (secondary N) is 1. The summed E-state index contributed by atoms with van der Waals surface area (Å²) in [5.74, 6) is -1.38. The van der Waals surface area contributed by atoms with Crippen LogP contribution in [0.3, 0.4) is 0 Å². The van der Waals surface area contributed by atoms with E-state index in [0.29, 0.717) is 0 Å². The van der Waals surface area contributed by atoms with Gasteiger partial charge in [0, 0.05) is 18.9 Å². The second-order valence-electron chi connectivity index (χ2n) is 3.30. The molecule has 0 saturated heterocycles. The van der Waals surface area contributed by atoms with Crippen molar-refractivity contribution in [3.8, 4) is 0 Å². The maximum absolute atomic E-state index is 13.2. The summed E-state index contributed by atoms with van der Waals surface area (Å²) >= 11 is 2.84. The first kappa shape index (κ1) is 13.4. The molecule has 0 amide bonds. The molecule has 0 spiro atoms. The van der Waals surface area contributed by atoms with Gasteiger partial charge >= 0.3 is 0 Å². The molecule has 0 aliphatic heterocycles. The molecule has 1 aromatic carbocycles. The van der Waals surface area contributed by atoms with E-state index < -0.39 is 21.5 Å². The molecule has 1 aromatic rings. The highest BCUT2D eigenvalue weighted by atomic mass is 79.9. The second-order valence-corrected chi connectivity index (χ2v) is 6.42. The Kier molecular flexibility index (Phi) is 4.26. The van der Waals surface area contributed by atoms with Crippen molar-refractivity contribution in [2.45, 2.75) is 0 Å². The van der Waals surface area contributed by atoms with Gasteiger partial charge in [-0.25, -0.2) is 17.2 Å². The monoisotopic (exact) mass is 313 g/mol. The molecule has 0 aliphatic rings. The molecule has 0 unspecified atom stereocenters. The van der Waals surface area contributed by atoms with Crippen LogP contribution in [0.5, 0.6) is 0 Å². The van der Waals surface area contributed by atoms with Gasteiger partial charge in [-0.15, -0.1) is 0 Å². The first-order valence-corrected chi connectivity index (χ1v) is 7.21. The Morgan fingerprint density at radius 2 is 1.94 bits per heavy atom. The Balaban J connectivity index is 2.71. The molecule has 0 heterocycles. The van der Waals surface area contributed by atoms with Gasteiger partial charge in [0.2, 0.25) is 0 Å². The van der Waals surface area contributed by atoms with Crippen LogP contribution in [0.4, 0.5) is 14.5 Å². The summed E-state index contributed by atoms with van der Waals surface area (Å²) in [7, 11) is -3.11. The summed E-state index contributed by atoms with van der Waals surface area (Å²) in [5.41, 5.74) is -0.0515. The van der Waals surface area contributed by atoms with Crippen LogP contribution in [0.2, 0.25) is 0 Å². The zero-order valence-electron chi connectivity index (χ0n) is 8.43. The lowest BCUT2D eigenvalue weighted by Gasteiger charge is -2.07. The van der Waals surface area contributed by atoms with Crippen molar-refractivity contribution in [2.75, 3.05) is 23.9 Å². The molecular formula is C9H10BrF2NO2S. The molecule has 0 aliphatic carbocycles. The number of rotatable bonds is 4. The van der Waals surface area contributed by atoms with Crippen LogP contribution in [0.1, 0.15) is 0 Å². The minimum absolute atomic E-state index is 0.0265. The van der Waals surface area contributed by atoms with E-state index in [1.165, 1.54) is 0 Å². The van der Waals surface area contributed by atoms with Crippen molar-refractivity contribution >= 4 is 31.5 Å². The van der Waals surface area contributed by atoms with Gasteiger partial charge in [-0.1, -0.05) is 0 Å². The zero-order chi connectivity index (χ0) is 12.3. The van der Waals surface area contributed by atoms with Gasteiger partial charge < -0.3 is 5.32 Å². The predicted molar refractivity (Wildman–Crippen MR) is 62.3 cm³/mol. The molecule has 0 fully saturated rings. The topological polar surface area (TPSA) is 46.2 Å². The third-order valence-electron chi connectivity index (χ3n) is 1.80. The fraction of sp³-hybridized carbons (Fsp3) is 0.333. The molecule has 0 atom stereocenters. The normalized spacial score (nSPS) is 11.5. The number of sulfone groups is 1. The SMILES string of the molecule is CS(=O)(=O)CCNc1cc(F)c(Br)cc1F. The van der Waals surface area contributed by atoms with Crippen LogP contribution in [0.15, 0.2) is 16.6 Å². The van der Waals surface area contributed by atoms with Gasteiger partial charge in [0.1, 0.15) is 21.5 Å². The quantitative estimate of drug-likeness (QED) is 0.867. The Hall–Kier alpha value is -0.690. The Morgan fingerprint density at radius 1 is 1.31 bits per heavy atom. The van der Waals surface area contributed by atoms with Crippen molar-refractivity contribution < 1.29 is 17.2 Å². The molecule has 3 nitrogen and oxygen atoms in total. The van der Waals surface area contributed by atoms with Crippen LogP contribution >= 0.6 is 15.9 Å². The third kappa shape index (κ3) is 4.05. The fourth-order valence-corrected chi connectivity index (χ4v) is 1.82. The summed E-state index contributed by atoms with van der Waals surface area (Å²) in [6, 6.07) is 1.96. The minimum atomic E-state index is -3.11. The summed E-state index contributed by atoms with van der Waals surface area (Å²) < 4.78 is 47.9. The van der Waals surface area contributed by atoms with Crippen LogP contribution in [-0.4, -0.2) is 27.0 Å². The van der Waals surface area contributed by atoms with Crippen molar-refractivity contribution in [1.29, 1.82) is 0 Å². The average Bonchev–Trinajstić information content (AvgIpc) is 2.11. The molecule has 0 bridgehead atoms. The van der Waals surface area contributed by atoms with Crippen LogP contribution in [0.25, 0.3) is 0 Å². The summed E-state index contributed by atoms with van der Waals surface area (Å²) in [6.45, 7) is 0.0385. The highest BCUT2D eigenvalue weighted by Crippen LogP contribution is 2.23. The van der Waals surface area contributed by atoms with Gasteiger partial charge in [-0.3, -0.25) is 0 Å². The predicted octanol–water partition coefficient (Wildman–Crippen LogP) is 2.18. The van der Waals surface area contributed by atoms with E-state index in [4.69, 9.17) is 0 Å². The molecular weight excluding hydrogens is 304 g/mol. The molecule has 0 saturated carbocycles. The average molecular weight is 314 g/mol. The molecule has 7 heteroatoms. The van der Waals surface area contributed by atoms with Gasteiger partial charge in [-0.05, 0) is 22.0 Å². The van der Waals surface area contributed by atoms with E-state index in [-0.39, 0.29) is 22.5 Å². The van der Waals surface area contributed by atoms with Crippen LogP contribution in [-0.2, 0) is 9.84 Å². The Bertz CT molecular complexity index is 491. The number of anilines is 1. The lowest BCUT2D eigenvalue weighted by Crippen LogP contribution is -2.14. The van der Waals surface area contributed by atoms with Crippen LogP contribution in [0, 0.1) is 11.6 Å². The van der Waals surface area contributed by atoms with Crippen molar-refractivity contribution in [3.05, 3.63) is 28.2 Å². The lowest BCUT2D eigenvalue weighted by atomic mass is 10.3. The maximum Gasteiger partial charge on any atom is 0.149 e. The standard InChI is InChI=1S/C9H10BrF2NO2S/c1-16(14,15)3-2-13-9-5-7(11)6(10)4-8(9)12/h4-5,13H,2-3H2,1H3. The number of hydrogen-bond acceptors (Lipinski definition) is 3. The smallest absolute Gasteiger partial charge is 0.149 e. The van der Waals surface area contributed by atoms with E-state index in [0.717, 1.165) is 18.4 Å². The zero-order valence-corrected chi connectivity index (χ0v) is 10.8. The van der Waals surface area contributed by atoms with E-state index in [1.54, 1.807) is 0 Å². The molecule has 90 valence electrons. The third-order valence-corrected chi connectivity index (χ3v) is 3.35. The molecule has 0 aromatic heterocycles. The highest BCUT2D eigenvalue weighted by Gasteiger charge is 2.08. The van der Waals surface area contributed by atoms with Crippen molar-refractivity contribution in [1.82, 2.24) is 0 Å². The Labute approximate surface area is 101 Å². The van der Waals surface area contributed by atoms with Crippen molar-refractivity contribution in [2.24, 2.45) is 0 Å². The van der Waals surface area contributed by atoms with Gasteiger partial charge in [0.15, 0.2) is 0 Å². The molecule has 1 rings (SSSR count). The van der Waals surface area contributed by atoms with Gasteiger partial charge in [-0.2, -0.15) is 0 Å². The number of hydrogen-bond donors (Lipinski definition) is 1. The first-order valence-electron chi connectivity index (χ1n) is 4.36. The van der Waals surface area contributed by atoms with Gasteiger partial charge in [0.25, 0.3) is 0 Å². The van der Waals surface area contributed by atoms with Gasteiger partial charge in [0.05, 0.1) is 15.9 Å². The number of halogens is 3. The van der Waals surface area contributed by atoms with E-state index in [9.17, 15) is 17.2 Å². The van der Waals surface area contributed by atoms with E-state index in [1.807, 2.05) is 0 Å². The summed E-state index contributed by atoms with van der Waals surface area (Å²) in [4.78, 5) is 0. The summed E-state index contributed by atoms with van der Waals surface area (Å²) in [5, 5.41) is 2.52. The van der Waals surface area contributed by atoms with Crippen LogP contribution < -0.4 is 5.32 Å². The summed E-state index contributed by atoms with van der Waals surface area (Å²) in [6.07, 6.45) is 1.08. The largest absolute Gasteiger partial charge is 0.382 e. The molecule has 1 N–H and O–H groups in total. The van der Waals surface area contributed by atoms with E-state index in [2.05, 4.69) is 21.2 Å². The van der Waals surface area contributed by atoms with E-state index >= 15 is 0 Å². The fourth-order valence-electron chi connectivity index (χ4n) is 1.03. The highest BCUT2D eigenvalue weighted by molar-refractivity contribution is 9.10. The van der Waals surface area contributed by atoms with Crippen molar-refractivity contribution in [3.63, 3.8) is 0 Å². The lowest BCUT2D eigenvalue weighted by molar-refractivity contribution is 0.595. The minimum Gasteiger partial charge on any atom is -0.382 e. The molecule has 16 heavy (non-hydrogen) atoms.